The molecule has 0 radical (unpaired) electrons. The van der Waals surface area contributed by atoms with E-state index in [1.165, 1.54) is 39.1 Å². The fourth-order valence-electron chi connectivity index (χ4n) is 8.20. The van der Waals surface area contributed by atoms with Crippen LogP contribution in [-0.2, 0) is 0 Å². The summed E-state index contributed by atoms with van der Waals surface area (Å²) >= 11 is 0. The molecule has 0 bridgehead atoms. The van der Waals surface area contributed by atoms with Gasteiger partial charge in [0.25, 0.3) is 0 Å². The summed E-state index contributed by atoms with van der Waals surface area (Å²) in [5, 5.41) is 2.26. The molecule has 0 saturated heterocycles. The predicted molar refractivity (Wildman–Crippen MR) is 236 cm³/mol. The molecule has 1 heterocycles. The Kier molecular flexibility index (Phi) is 8.70. The average Bonchev–Trinajstić information content (AvgIpc) is 3.68. The fraction of sp³-hybridized carbons (Fsp3) is 0.0370. The van der Waals surface area contributed by atoms with E-state index >= 15 is 0 Å². The van der Waals surface area contributed by atoms with Crippen molar-refractivity contribution in [3.63, 3.8) is 0 Å². The number of allylic oxidation sites excluding steroid dienone is 2. The molecule has 2 heteroatoms. The van der Waals surface area contributed by atoms with Gasteiger partial charge < -0.3 is 9.32 Å². The van der Waals surface area contributed by atoms with Gasteiger partial charge in [-0.1, -0.05) is 188 Å². The number of para-hydroxylation sites is 2. The lowest BCUT2D eigenvalue weighted by molar-refractivity contribution is 0.671. The maximum Gasteiger partial charge on any atom is 0.143 e. The minimum absolute atomic E-state index is 0.172. The lowest BCUT2D eigenvalue weighted by Gasteiger charge is -2.33. The monoisotopic (exact) mass is 717 g/mol. The molecule has 9 aromatic rings. The molecule has 1 unspecified atom stereocenters. The van der Waals surface area contributed by atoms with E-state index < -0.39 is 0 Å². The molecular weight excluding hydrogens is 679 g/mol. The Morgan fingerprint density at radius 2 is 0.857 bits per heavy atom. The maximum atomic E-state index is 6.76. The van der Waals surface area contributed by atoms with Crippen molar-refractivity contribution < 1.29 is 4.42 Å². The predicted octanol–water partition coefficient (Wildman–Crippen LogP) is 14.8. The molecule has 1 aliphatic rings. The van der Waals surface area contributed by atoms with Gasteiger partial charge in [-0.3, -0.25) is 0 Å². The van der Waals surface area contributed by atoms with E-state index in [-0.39, 0.29) is 6.04 Å². The molecule has 56 heavy (non-hydrogen) atoms. The van der Waals surface area contributed by atoms with Crippen LogP contribution in [0.3, 0.4) is 0 Å². The maximum absolute atomic E-state index is 6.76. The van der Waals surface area contributed by atoms with Crippen LogP contribution in [0.1, 0.15) is 12.0 Å². The van der Waals surface area contributed by atoms with Gasteiger partial charge in [-0.15, -0.1) is 0 Å². The first-order chi connectivity index (χ1) is 27.8. The number of benzene rings is 8. The summed E-state index contributed by atoms with van der Waals surface area (Å²) in [6.07, 6.45) is 7.91. The van der Waals surface area contributed by atoms with Crippen molar-refractivity contribution in [3.05, 3.63) is 224 Å². The second kappa shape index (κ2) is 14.6. The van der Waals surface area contributed by atoms with Gasteiger partial charge in [0.2, 0.25) is 0 Å². The molecule has 0 aliphatic heterocycles. The SMILES string of the molecule is C1=CC(N(c2ccc(-c3ccccc3)cc2)c2ccc(-c3cccc(-c4cccc5c4oc4c(-c6ccccc6)cccc45)c3)cc2)CC=C1c1ccccc1. The van der Waals surface area contributed by atoms with Crippen molar-refractivity contribution in [2.75, 3.05) is 4.90 Å². The molecule has 1 aliphatic carbocycles. The van der Waals surface area contributed by atoms with Crippen molar-refractivity contribution >= 4 is 38.9 Å². The number of hydrogen-bond acceptors (Lipinski definition) is 2. The zero-order chi connectivity index (χ0) is 37.3. The molecule has 0 spiro atoms. The van der Waals surface area contributed by atoms with Crippen LogP contribution in [0.4, 0.5) is 11.4 Å². The lowest BCUT2D eigenvalue weighted by atomic mass is 9.95. The van der Waals surface area contributed by atoms with Gasteiger partial charge in [-0.2, -0.15) is 0 Å². The van der Waals surface area contributed by atoms with Crippen molar-refractivity contribution in [2.24, 2.45) is 0 Å². The van der Waals surface area contributed by atoms with E-state index in [0.717, 1.165) is 56.3 Å². The van der Waals surface area contributed by atoms with Crippen molar-refractivity contribution in [3.8, 4) is 44.5 Å². The lowest BCUT2D eigenvalue weighted by Crippen LogP contribution is -2.30. The summed E-state index contributed by atoms with van der Waals surface area (Å²) in [6, 6.07) is 71.7. The van der Waals surface area contributed by atoms with E-state index in [0.29, 0.717) is 0 Å². The molecule has 1 atom stereocenters. The van der Waals surface area contributed by atoms with Crippen LogP contribution in [0.15, 0.2) is 223 Å². The van der Waals surface area contributed by atoms with Gasteiger partial charge in [-0.05, 0) is 81.3 Å². The van der Waals surface area contributed by atoms with Gasteiger partial charge in [0, 0.05) is 33.3 Å². The van der Waals surface area contributed by atoms with Crippen molar-refractivity contribution in [2.45, 2.75) is 12.5 Å². The first-order valence-corrected chi connectivity index (χ1v) is 19.4. The summed E-state index contributed by atoms with van der Waals surface area (Å²) in [6.45, 7) is 0. The summed E-state index contributed by atoms with van der Waals surface area (Å²) in [5.41, 5.74) is 15.9. The minimum atomic E-state index is 0.172. The van der Waals surface area contributed by atoms with Gasteiger partial charge in [-0.25, -0.2) is 0 Å². The molecule has 266 valence electrons. The third kappa shape index (κ3) is 6.32. The zero-order valence-corrected chi connectivity index (χ0v) is 30.9. The van der Waals surface area contributed by atoms with Crippen LogP contribution < -0.4 is 4.90 Å². The van der Waals surface area contributed by atoms with Crippen LogP contribution in [0.2, 0.25) is 0 Å². The Morgan fingerprint density at radius 1 is 0.393 bits per heavy atom. The number of rotatable bonds is 8. The van der Waals surface area contributed by atoms with E-state index in [4.69, 9.17) is 4.42 Å². The van der Waals surface area contributed by atoms with E-state index in [9.17, 15) is 0 Å². The Morgan fingerprint density at radius 3 is 1.43 bits per heavy atom. The Balaban J connectivity index is 0.985. The molecule has 2 nitrogen and oxygen atoms in total. The van der Waals surface area contributed by atoms with Crippen LogP contribution in [0.5, 0.6) is 0 Å². The van der Waals surface area contributed by atoms with Crippen LogP contribution in [0.25, 0.3) is 72.0 Å². The Labute approximate surface area is 327 Å². The topological polar surface area (TPSA) is 16.4 Å². The quantitative estimate of drug-likeness (QED) is 0.156. The van der Waals surface area contributed by atoms with Crippen LogP contribution in [0, 0.1) is 0 Å². The highest BCUT2D eigenvalue weighted by atomic mass is 16.3. The summed E-state index contributed by atoms with van der Waals surface area (Å²) < 4.78 is 6.76. The molecule has 0 amide bonds. The second-order valence-corrected chi connectivity index (χ2v) is 14.4. The molecule has 10 rings (SSSR count). The van der Waals surface area contributed by atoms with Crippen molar-refractivity contribution in [1.82, 2.24) is 0 Å². The Hall–Kier alpha value is -7.16. The highest BCUT2D eigenvalue weighted by molar-refractivity contribution is 6.13. The highest BCUT2D eigenvalue weighted by Gasteiger charge is 2.21. The number of anilines is 2. The summed E-state index contributed by atoms with van der Waals surface area (Å²) in [7, 11) is 0. The summed E-state index contributed by atoms with van der Waals surface area (Å²) in [5.74, 6) is 0. The zero-order valence-electron chi connectivity index (χ0n) is 30.9. The molecule has 1 aromatic heterocycles. The highest BCUT2D eigenvalue weighted by Crippen LogP contribution is 2.41. The number of nitrogens with zero attached hydrogens (tertiary/aromatic N) is 1. The van der Waals surface area contributed by atoms with Gasteiger partial charge in [0.1, 0.15) is 11.2 Å². The minimum Gasteiger partial charge on any atom is -0.455 e. The van der Waals surface area contributed by atoms with E-state index in [2.05, 4.69) is 223 Å². The van der Waals surface area contributed by atoms with Crippen LogP contribution in [-0.4, -0.2) is 6.04 Å². The number of furan rings is 1. The number of fused-ring (bicyclic) bond motifs is 3. The third-order valence-electron chi connectivity index (χ3n) is 11.0. The van der Waals surface area contributed by atoms with Gasteiger partial charge in [0.15, 0.2) is 0 Å². The molecular formula is C54H39NO. The van der Waals surface area contributed by atoms with E-state index in [1.54, 1.807) is 0 Å². The van der Waals surface area contributed by atoms with Gasteiger partial charge >= 0.3 is 0 Å². The largest absolute Gasteiger partial charge is 0.455 e. The fourth-order valence-corrected chi connectivity index (χ4v) is 8.20. The standard InChI is InChI=1S/C54H39NO/c1-4-13-38(14-5-1)40-25-31-46(32-26-40)55(47-33-27-41(28-34-47)39-15-6-2-7-16-39)48-35-29-42(30-36-48)44-19-10-20-45(37-44)50-22-12-24-52-51-23-11-21-49(53(51)56-54(50)52)43-17-8-3-9-18-43/h1-33,35-37,47H,34H2. The molecule has 0 fully saturated rings. The number of hydrogen-bond donors (Lipinski definition) is 0. The van der Waals surface area contributed by atoms with E-state index in [1.807, 2.05) is 0 Å². The first-order valence-electron chi connectivity index (χ1n) is 19.4. The van der Waals surface area contributed by atoms with Gasteiger partial charge in [0.05, 0.1) is 6.04 Å². The second-order valence-electron chi connectivity index (χ2n) is 14.4. The molecule has 0 N–H and O–H groups in total. The average molecular weight is 718 g/mol. The first kappa shape index (κ1) is 33.4. The third-order valence-corrected chi connectivity index (χ3v) is 11.0. The van der Waals surface area contributed by atoms with Crippen molar-refractivity contribution in [1.29, 1.82) is 0 Å². The van der Waals surface area contributed by atoms with Crippen LogP contribution >= 0.6 is 0 Å². The molecule has 0 saturated carbocycles. The Bertz CT molecular complexity index is 2850. The normalized spacial score (nSPS) is 13.9. The smallest absolute Gasteiger partial charge is 0.143 e. The summed E-state index contributed by atoms with van der Waals surface area (Å²) in [4.78, 5) is 2.47. The molecule has 8 aromatic carbocycles.